The van der Waals surface area contributed by atoms with E-state index in [-0.39, 0.29) is 35.4 Å². The molecule has 1 unspecified atom stereocenters. The molecule has 1 atom stereocenters. The van der Waals surface area contributed by atoms with Crippen LogP contribution < -0.4 is 25.0 Å². The van der Waals surface area contributed by atoms with Gasteiger partial charge in [0.15, 0.2) is 11.4 Å². The van der Waals surface area contributed by atoms with Gasteiger partial charge >= 0.3 is 0 Å². The van der Waals surface area contributed by atoms with Crippen molar-refractivity contribution < 1.29 is 32.3 Å². The molecule has 3 aliphatic rings. The molecule has 3 aromatic heterocycles. The number of aromatic nitrogens is 5. The third-order valence-corrected chi connectivity index (χ3v) is 12.0. The first-order valence-corrected chi connectivity index (χ1v) is 20.0. The number of hydrogen-bond donors (Lipinski definition) is 4. The van der Waals surface area contributed by atoms with E-state index >= 15 is 0 Å². The van der Waals surface area contributed by atoms with Gasteiger partial charge in [-0.1, -0.05) is 0 Å². The lowest BCUT2D eigenvalue weighted by Crippen LogP contribution is -2.54. The Labute approximate surface area is 321 Å². The lowest BCUT2D eigenvalue weighted by molar-refractivity contribution is -0.136. The van der Waals surface area contributed by atoms with Crippen LogP contribution in [0.2, 0.25) is 0 Å². The zero-order chi connectivity index (χ0) is 39.1. The fourth-order valence-corrected chi connectivity index (χ4v) is 8.70. The van der Waals surface area contributed by atoms with Gasteiger partial charge in [-0.2, -0.15) is 10.1 Å². The molecular formula is C38H40N10O7S. The number of nitrogens with one attached hydrogen (secondary N) is 4. The maximum Gasteiger partial charge on any atom is 0.262 e. The predicted molar refractivity (Wildman–Crippen MR) is 204 cm³/mol. The molecule has 4 N–H and O–H groups in total. The Balaban J connectivity index is 0.849. The summed E-state index contributed by atoms with van der Waals surface area (Å²) in [4.78, 5) is 58.3. The van der Waals surface area contributed by atoms with Gasteiger partial charge < -0.3 is 15.0 Å². The van der Waals surface area contributed by atoms with E-state index in [1.54, 1.807) is 59.5 Å². The molecule has 3 aliphatic heterocycles. The lowest BCUT2D eigenvalue weighted by Gasteiger charge is -2.34. The SMILES string of the molecule is CCOc1c(-c2cn[nH]c2)ccn2nc(Nc3ccc(S(=O)(=O)NCCC4CCN(c5ccc6c(c5)C(=O)N(C5CCC(=O)NC5=O)C6=O)CC4)cc3C)nc12. The molecule has 0 spiro atoms. The normalized spacial score (nSPS) is 17.8. The van der Waals surface area contributed by atoms with E-state index in [4.69, 9.17) is 4.74 Å². The van der Waals surface area contributed by atoms with E-state index in [2.05, 4.69) is 40.5 Å². The summed E-state index contributed by atoms with van der Waals surface area (Å²) >= 11 is 0. The zero-order valence-electron chi connectivity index (χ0n) is 30.7. The first-order chi connectivity index (χ1) is 27.0. The van der Waals surface area contributed by atoms with E-state index in [1.165, 1.54) is 0 Å². The first kappa shape index (κ1) is 36.8. The first-order valence-electron chi connectivity index (χ1n) is 18.5. The van der Waals surface area contributed by atoms with Crippen molar-refractivity contribution in [1.82, 2.24) is 39.7 Å². The summed E-state index contributed by atoms with van der Waals surface area (Å²) in [7, 11) is -3.77. The summed E-state index contributed by atoms with van der Waals surface area (Å²) in [6.07, 6.45) is 7.74. The van der Waals surface area contributed by atoms with Crippen molar-refractivity contribution in [2.45, 2.75) is 56.9 Å². The molecule has 290 valence electrons. The maximum atomic E-state index is 13.3. The Bertz CT molecular complexity index is 2480. The highest BCUT2D eigenvalue weighted by Crippen LogP contribution is 2.35. The fraction of sp³-hybridized carbons (Fsp3) is 0.342. The number of benzene rings is 2. The minimum atomic E-state index is -3.77. The molecule has 0 aliphatic carbocycles. The molecule has 2 saturated heterocycles. The third kappa shape index (κ3) is 6.96. The summed E-state index contributed by atoms with van der Waals surface area (Å²) in [6.45, 7) is 5.82. The van der Waals surface area contributed by atoms with Crippen LogP contribution in [-0.4, -0.2) is 94.0 Å². The molecule has 6 heterocycles. The van der Waals surface area contributed by atoms with Crippen molar-refractivity contribution in [3.05, 3.63) is 77.7 Å². The molecule has 5 aromatic rings. The number of pyridine rings is 1. The molecular weight excluding hydrogens is 741 g/mol. The zero-order valence-corrected chi connectivity index (χ0v) is 31.6. The van der Waals surface area contributed by atoms with E-state index in [1.807, 2.05) is 19.9 Å². The van der Waals surface area contributed by atoms with E-state index in [0.29, 0.717) is 60.6 Å². The van der Waals surface area contributed by atoms with Gasteiger partial charge in [-0.25, -0.2) is 17.7 Å². The summed E-state index contributed by atoms with van der Waals surface area (Å²) in [5, 5.41) is 16.8. The summed E-state index contributed by atoms with van der Waals surface area (Å²) in [6, 6.07) is 10.9. The number of carbonyl (C=O) groups excluding carboxylic acids is 4. The summed E-state index contributed by atoms with van der Waals surface area (Å²) in [5.41, 5.74) is 4.85. The number of piperidine rings is 2. The number of nitrogens with zero attached hydrogens (tertiary/aromatic N) is 6. The van der Waals surface area contributed by atoms with Gasteiger partial charge in [0.05, 0.1) is 28.8 Å². The topological polar surface area (TPSA) is 213 Å². The largest absolute Gasteiger partial charge is 0.489 e. The Morgan fingerprint density at radius 2 is 1.77 bits per heavy atom. The van der Waals surface area contributed by atoms with Gasteiger partial charge in [-0.05, 0) is 93.5 Å². The molecule has 0 radical (unpaired) electrons. The van der Waals surface area contributed by atoms with Crippen molar-refractivity contribution >= 4 is 56.6 Å². The molecule has 18 heteroatoms. The number of rotatable bonds is 12. The maximum absolute atomic E-state index is 13.3. The number of fused-ring (bicyclic) bond motifs is 2. The average molecular weight is 781 g/mol. The highest BCUT2D eigenvalue weighted by molar-refractivity contribution is 7.89. The van der Waals surface area contributed by atoms with E-state index in [0.717, 1.165) is 34.6 Å². The average Bonchev–Trinajstić information content (AvgIpc) is 3.92. The summed E-state index contributed by atoms with van der Waals surface area (Å²) < 4.78 is 36.9. The number of amides is 4. The van der Waals surface area contributed by atoms with Crippen LogP contribution in [-0.2, 0) is 19.6 Å². The van der Waals surface area contributed by atoms with Gasteiger partial charge in [0, 0.05) is 61.0 Å². The highest BCUT2D eigenvalue weighted by atomic mass is 32.2. The molecule has 4 amide bonds. The minimum Gasteiger partial charge on any atom is -0.489 e. The Morgan fingerprint density at radius 3 is 2.50 bits per heavy atom. The third-order valence-electron chi connectivity index (χ3n) is 10.6. The number of sulfonamides is 1. The number of carbonyl (C=O) groups is 4. The smallest absolute Gasteiger partial charge is 0.262 e. The minimum absolute atomic E-state index is 0.0620. The Kier molecular flexibility index (Phi) is 9.75. The number of aromatic amines is 1. The lowest BCUT2D eigenvalue weighted by atomic mass is 9.93. The van der Waals surface area contributed by atoms with Gasteiger partial charge in [0.2, 0.25) is 27.8 Å². The molecule has 17 nitrogen and oxygen atoms in total. The number of H-pyrrole nitrogens is 1. The number of anilines is 3. The fourth-order valence-electron chi connectivity index (χ4n) is 7.57. The van der Waals surface area contributed by atoms with Crippen molar-refractivity contribution in [3.63, 3.8) is 0 Å². The number of ether oxygens (including phenoxy) is 1. The molecule has 0 saturated carbocycles. The number of imide groups is 2. The molecule has 2 fully saturated rings. The van der Waals surface area contributed by atoms with Crippen LogP contribution in [0, 0.1) is 12.8 Å². The monoisotopic (exact) mass is 780 g/mol. The van der Waals surface area contributed by atoms with Gasteiger partial charge in [0.25, 0.3) is 11.8 Å². The van der Waals surface area contributed by atoms with Crippen LogP contribution in [0.5, 0.6) is 5.75 Å². The molecule has 8 rings (SSSR count). The molecule has 0 bridgehead atoms. The van der Waals surface area contributed by atoms with Gasteiger partial charge in [-0.15, -0.1) is 5.10 Å². The second-order valence-corrected chi connectivity index (χ2v) is 15.8. The Morgan fingerprint density at radius 1 is 0.964 bits per heavy atom. The predicted octanol–water partition coefficient (Wildman–Crippen LogP) is 3.56. The van der Waals surface area contributed by atoms with Crippen LogP contribution in [0.4, 0.5) is 17.3 Å². The van der Waals surface area contributed by atoms with Crippen molar-refractivity contribution in [3.8, 4) is 16.9 Å². The number of hydrogen-bond acceptors (Lipinski definition) is 12. The van der Waals surface area contributed by atoms with Gasteiger partial charge in [-0.3, -0.25) is 34.5 Å². The molecule has 56 heavy (non-hydrogen) atoms. The second kappa shape index (κ2) is 14.8. The quantitative estimate of drug-likeness (QED) is 0.134. The van der Waals surface area contributed by atoms with Crippen LogP contribution in [0.15, 0.2) is 66.0 Å². The van der Waals surface area contributed by atoms with Crippen molar-refractivity contribution in [1.29, 1.82) is 0 Å². The Hall–Kier alpha value is -6.14. The van der Waals surface area contributed by atoms with Crippen LogP contribution in [0.1, 0.15) is 65.3 Å². The highest BCUT2D eigenvalue weighted by Gasteiger charge is 2.44. The number of aryl methyl sites for hydroxylation is 1. The molecule has 2 aromatic carbocycles. The van der Waals surface area contributed by atoms with Crippen LogP contribution in [0.25, 0.3) is 16.8 Å². The van der Waals surface area contributed by atoms with Crippen LogP contribution >= 0.6 is 0 Å². The summed E-state index contributed by atoms with van der Waals surface area (Å²) in [5.74, 6) is -0.937. The van der Waals surface area contributed by atoms with Crippen molar-refractivity contribution in [2.24, 2.45) is 5.92 Å². The van der Waals surface area contributed by atoms with Gasteiger partial charge in [0.1, 0.15) is 6.04 Å². The second-order valence-electron chi connectivity index (χ2n) is 14.1. The van der Waals surface area contributed by atoms with E-state index in [9.17, 15) is 27.6 Å². The van der Waals surface area contributed by atoms with Crippen LogP contribution in [0.3, 0.4) is 0 Å². The van der Waals surface area contributed by atoms with E-state index < -0.39 is 39.7 Å². The standard InChI is InChI=1S/C38H40N10O7S/c1-3-55-33-27(24-20-39-40-21-24)13-17-47-34(33)44-38(45-47)42-30-7-5-26(18-22(30)2)56(53,54)41-14-10-23-11-15-46(16-12-23)25-4-6-28-29(19-25)37(52)48(36(28)51)31-8-9-32(49)43-35(31)50/h4-7,13,17-21,23,31,41H,3,8-12,14-16H2,1-2H3,(H,39,40)(H,42,45)(H,43,49,50). The van der Waals surface area contributed by atoms with Crippen molar-refractivity contribution in [2.75, 3.05) is 36.5 Å².